The van der Waals surface area contributed by atoms with Crippen molar-refractivity contribution in [1.29, 1.82) is 0 Å². The summed E-state index contributed by atoms with van der Waals surface area (Å²) >= 11 is 0. The molecule has 0 aromatic heterocycles. The van der Waals surface area contributed by atoms with Crippen LogP contribution in [-0.4, -0.2) is 16.9 Å². The quantitative estimate of drug-likeness (QED) is 0.824. The standard InChI is InChI=1S/C20H27NO3/c1-7-19(3,4)14-11-13(21-16(22)9-10-17(21)23)12-15(18(14)24)20(5,6)8-2/h9-12,24H,7-8H2,1-6H3. The topological polar surface area (TPSA) is 57.6 Å². The third-order valence-electron chi connectivity index (χ3n) is 5.39. The fourth-order valence-corrected chi connectivity index (χ4v) is 2.82. The number of carbonyl (C=O) groups excluding carboxylic acids is 2. The SMILES string of the molecule is CCC(C)(C)c1cc(N2C(=O)C=CC2=O)cc(C(C)(C)CC)c1O. The van der Waals surface area contributed by atoms with E-state index in [9.17, 15) is 14.7 Å². The Morgan fingerprint density at radius 1 is 0.875 bits per heavy atom. The van der Waals surface area contributed by atoms with Gasteiger partial charge in [0.1, 0.15) is 5.75 Å². The summed E-state index contributed by atoms with van der Waals surface area (Å²) in [6, 6.07) is 3.55. The van der Waals surface area contributed by atoms with Crippen molar-refractivity contribution >= 4 is 17.5 Å². The molecule has 4 nitrogen and oxygen atoms in total. The predicted octanol–water partition coefficient (Wildman–Crippen LogP) is 4.20. The minimum atomic E-state index is -0.341. The summed E-state index contributed by atoms with van der Waals surface area (Å²) in [5.41, 5.74) is 1.54. The second-order valence-corrected chi connectivity index (χ2v) is 7.71. The molecule has 1 aromatic rings. The van der Waals surface area contributed by atoms with Gasteiger partial charge in [-0.25, -0.2) is 4.90 Å². The van der Waals surface area contributed by atoms with Crippen LogP contribution < -0.4 is 4.90 Å². The Kier molecular flexibility index (Phi) is 4.62. The van der Waals surface area contributed by atoms with E-state index in [0.29, 0.717) is 5.69 Å². The van der Waals surface area contributed by atoms with E-state index in [0.717, 1.165) is 24.0 Å². The molecule has 0 bridgehead atoms. The molecular weight excluding hydrogens is 302 g/mol. The Labute approximate surface area is 144 Å². The highest BCUT2D eigenvalue weighted by Gasteiger charge is 2.33. The molecule has 0 saturated carbocycles. The lowest BCUT2D eigenvalue weighted by molar-refractivity contribution is -0.119. The number of phenolic OH excluding ortho intramolecular Hbond substituents is 1. The van der Waals surface area contributed by atoms with Crippen molar-refractivity contribution in [2.45, 2.75) is 65.2 Å². The maximum absolute atomic E-state index is 12.1. The Morgan fingerprint density at radius 2 is 1.25 bits per heavy atom. The Bertz CT molecular complexity index is 659. The van der Waals surface area contributed by atoms with Crippen LogP contribution in [0.5, 0.6) is 5.75 Å². The molecule has 130 valence electrons. The number of phenols is 1. The molecule has 0 spiro atoms. The molecule has 1 N–H and O–H groups in total. The van der Waals surface area contributed by atoms with Crippen LogP contribution >= 0.6 is 0 Å². The minimum absolute atomic E-state index is 0.266. The van der Waals surface area contributed by atoms with Gasteiger partial charge in [0.15, 0.2) is 0 Å². The zero-order chi connectivity index (χ0) is 18.3. The van der Waals surface area contributed by atoms with E-state index < -0.39 is 0 Å². The van der Waals surface area contributed by atoms with Crippen LogP contribution in [0.25, 0.3) is 0 Å². The maximum Gasteiger partial charge on any atom is 0.258 e. The van der Waals surface area contributed by atoms with E-state index in [2.05, 4.69) is 41.5 Å². The monoisotopic (exact) mass is 329 g/mol. The van der Waals surface area contributed by atoms with Crippen molar-refractivity contribution in [3.8, 4) is 5.75 Å². The summed E-state index contributed by atoms with van der Waals surface area (Å²) in [5, 5.41) is 10.9. The zero-order valence-corrected chi connectivity index (χ0v) is 15.4. The van der Waals surface area contributed by atoms with Crippen LogP contribution in [0.15, 0.2) is 24.3 Å². The lowest BCUT2D eigenvalue weighted by atomic mass is 9.75. The van der Waals surface area contributed by atoms with Gasteiger partial charge < -0.3 is 5.11 Å². The summed E-state index contributed by atoms with van der Waals surface area (Å²) < 4.78 is 0. The molecule has 0 radical (unpaired) electrons. The van der Waals surface area contributed by atoms with Crippen molar-refractivity contribution in [3.05, 3.63) is 35.4 Å². The van der Waals surface area contributed by atoms with Gasteiger partial charge in [-0.05, 0) is 35.8 Å². The smallest absolute Gasteiger partial charge is 0.258 e. The first-order valence-electron chi connectivity index (χ1n) is 8.49. The number of amides is 2. The van der Waals surface area contributed by atoms with E-state index in [4.69, 9.17) is 0 Å². The van der Waals surface area contributed by atoms with Gasteiger partial charge in [-0.15, -0.1) is 0 Å². The normalized spacial score (nSPS) is 15.5. The lowest BCUT2D eigenvalue weighted by Crippen LogP contribution is -2.31. The summed E-state index contributed by atoms with van der Waals surface area (Å²) in [6.45, 7) is 12.3. The number of carbonyl (C=O) groups is 2. The summed E-state index contributed by atoms with van der Waals surface area (Å²) in [4.78, 5) is 25.3. The average molecular weight is 329 g/mol. The number of benzene rings is 1. The van der Waals surface area contributed by atoms with Gasteiger partial charge in [0.2, 0.25) is 0 Å². The highest BCUT2D eigenvalue weighted by molar-refractivity contribution is 6.28. The second-order valence-electron chi connectivity index (χ2n) is 7.71. The summed E-state index contributed by atoms with van der Waals surface area (Å²) in [5.74, 6) is -0.415. The largest absolute Gasteiger partial charge is 0.507 e. The molecule has 2 amide bonds. The second kappa shape index (κ2) is 6.08. The number of anilines is 1. The van der Waals surface area contributed by atoms with Gasteiger partial charge in [-0.1, -0.05) is 41.5 Å². The molecule has 0 unspecified atom stereocenters. The van der Waals surface area contributed by atoms with Crippen molar-refractivity contribution in [2.75, 3.05) is 4.90 Å². The van der Waals surface area contributed by atoms with Crippen LogP contribution in [0, 0.1) is 0 Å². The number of aromatic hydroxyl groups is 1. The van der Waals surface area contributed by atoms with Gasteiger partial charge >= 0.3 is 0 Å². The molecule has 2 rings (SSSR count). The highest BCUT2D eigenvalue weighted by atomic mass is 16.3. The number of hydrogen-bond donors (Lipinski definition) is 1. The number of imide groups is 1. The van der Waals surface area contributed by atoms with Crippen LogP contribution in [0.3, 0.4) is 0 Å². The molecule has 1 aliphatic heterocycles. The van der Waals surface area contributed by atoms with E-state index >= 15 is 0 Å². The number of nitrogens with zero attached hydrogens (tertiary/aromatic N) is 1. The molecule has 0 fully saturated rings. The Hall–Kier alpha value is -2.10. The molecular formula is C20H27NO3. The first-order chi connectivity index (χ1) is 11.0. The first kappa shape index (κ1) is 18.2. The lowest BCUT2D eigenvalue weighted by Gasteiger charge is -2.32. The van der Waals surface area contributed by atoms with E-state index in [1.54, 1.807) is 12.1 Å². The fraction of sp³-hybridized carbons (Fsp3) is 0.500. The number of hydrogen-bond acceptors (Lipinski definition) is 3. The molecule has 4 heteroatoms. The van der Waals surface area contributed by atoms with E-state index in [1.165, 1.54) is 17.1 Å². The highest BCUT2D eigenvalue weighted by Crippen LogP contribution is 2.44. The predicted molar refractivity (Wildman–Crippen MR) is 96.4 cm³/mol. The van der Waals surface area contributed by atoms with Gasteiger partial charge in [0.25, 0.3) is 11.8 Å². The molecule has 0 saturated heterocycles. The summed E-state index contributed by atoms with van der Waals surface area (Å²) in [6.07, 6.45) is 4.22. The van der Waals surface area contributed by atoms with E-state index in [-0.39, 0.29) is 28.4 Å². The van der Waals surface area contributed by atoms with E-state index in [1.807, 2.05) is 0 Å². The third-order valence-corrected chi connectivity index (χ3v) is 5.39. The zero-order valence-electron chi connectivity index (χ0n) is 15.4. The van der Waals surface area contributed by atoms with Crippen molar-refractivity contribution in [3.63, 3.8) is 0 Å². The molecule has 1 aromatic carbocycles. The van der Waals surface area contributed by atoms with Crippen LogP contribution in [0.4, 0.5) is 5.69 Å². The fourth-order valence-electron chi connectivity index (χ4n) is 2.82. The molecule has 0 aliphatic carbocycles. The van der Waals surface area contributed by atoms with Gasteiger partial charge in [-0.3, -0.25) is 9.59 Å². The van der Waals surface area contributed by atoms with Gasteiger partial charge in [0, 0.05) is 23.3 Å². The Balaban J connectivity index is 2.74. The molecule has 24 heavy (non-hydrogen) atoms. The average Bonchev–Trinajstić information content (AvgIpc) is 2.86. The minimum Gasteiger partial charge on any atom is -0.507 e. The van der Waals surface area contributed by atoms with Gasteiger partial charge in [-0.2, -0.15) is 0 Å². The Morgan fingerprint density at radius 3 is 1.58 bits per heavy atom. The van der Waals surface area contributed by atoms with Crippen molar-refractivity contribution < 1.29 is 14.7 Å². The molecule has 1 aliphatic rings. The molecule has 0 atom stereocenters. The van der Waals surface area contributed by atoms with Crippen LogP contribution in [-0.2, 0) is 20.4 Å². The van der Waals surface area contributed by atoms with Crippen LogP contribution in [0.1, 0.15) is 65.5 Å². The number of rotatable bonds is 5. The molecule has 1 heterocycles. The van der Waals surface area contributed by atoms with Crippen molar-refractivity contribution in [2.24, 2.45) is 0 Å². The maximum atomic E-state index is 12.1. The summed E-state index contributed by atoms with van der Waals surface area (Å²) in [7, 11) is 0. The van der Waals surface area contributed by atoms with Crippen LogP contribution in [0.2, 0.25) is 0 Å². The first-order valence-corrected chi connectivity index (χ1v) is 8.49. The van der Waals surface area contributed by atoms with Crippen molar-refractivity contribution in [1.82, 2.24) is 0 Å². The third kappa shape index (κ3) is 2.97. The van der Waals surface area contributed by atoms with Gasteiger partial charge in [0.05, 0.1) is 5.69 Å².